The summed E-state index contributed by atoms with van der Waals surface area (Å²) < 4.78 is 9.57. The molecule has 0 aliphatic carbocycles. The highest BCUT2D eigenvalue weighted by molar-refractivity contribution is 6.21. The minimum atomic E-state index is -0.734. The largest absolute Gasteiger partial charge is 0.463 e. The molecule has 0 atom stereocenters. The SMILES string of the molecule is COC(=O)c1occc1CN1C(=O)c2ccc([N+](=O)[O-])cc2C1=O. The predicted octanol–water partition coefficient (Wildman–Crippen LogP) is 1.77. The first kappa shape index (κ1) is 15.4. The highest BCUT2D eigenvalue weighted by atomic mass is 16.6. The third-order valence-corrected chi connectivity index (χ3v) is 3.61. The van der Waals surface area contributed by atoms with Gasteiger partial charge in [-0.05, 0) is 12.1 Å². The summed E-state index contributed by atoms with van der Waals surface area (Å²) in [5.74, 6) is -2.11. The van der Waals surface area contributed by atoms with Gasteiger partial charge in [0.05, 0.1) is 36.0 Å². The molecule has 1 aliphatic heterocycles. The topological polar surface area (TPSA) is 120 Å². The molecule has 2 heterocycles. The van der Waals surface area contributed by atoms with Gasteiger partial charge in [0.1, 0.15) is 0 Å². The van der Waals surface area contributed by atoms with Crippen molar-refractivity contribution in [2.24, 2.45) is 0 Å². The van der Waals surface area contributed by atoms with Crippen LogP contribution in [-0.2, 0) is 11.3 Å². The van der Waals surface area contributed by atoms with Gasteiger partial charge in [-0.1, -0.05) is 0 Å². The smallest absolute Gasteiger partial charge is 0.374 e. The Bertz CT molecular complexity index is 884. The number of nitro groups is 1. The molecule has 0 unspecified atom stereocenters. The number of non-ortho nitro benzene ring substituents is 1. The van der Waals surface area contributed by atoms with Gasteiger partial charge in [0.2, 0.25) is 5.76 Å². The van der Waals surface area contributed by atoms with Crippen LogP contribution in [-0.4, -0.2) is 34.7 Å². The zero-order valence-electron chi connectivity index (χ0n) is 12.3. The minimum absolute atomic E-state index is 0.0442. The summed E-state index contributed by atoms with van der Waals surface area (Å²) in [5, 5.41) is 10.8. The Labute approximate surface area is 134 Å². The molecular formula is C15H10N2O7. The maximum atomic E-state index is 12.4. The number of hydrogen-bond acceptors (Lipinski definition) is 7. The summed E-state index contributed by atoms with van der Waals surface area (Å²) in [6, 6.07) is 4.90. The molecule has 9 nitrogen and oxygen atoms in total. The van der Waals surface area contributed by atoms with E-state index in [0.717, 1.165) is 17.0 Å². The lowest BCUT2D eigenvalue weighted by molar-refractivity contribution is -0.384. The summed E-state index contributed by atoms with van der Waals surface area (Å²) in [5.41, 5.74) is 0.0483. The number of methoxy groups -OCH3 is 1. The monoisotopic (exact) mass is 330 g/mol. The van der Waals surface area contributed by atoms with E-state index in [1.165, 1.54) is 25.5 Å². The van der Waals surface area contributed by atoms with Crippen LogP contribution >= 0.6 is 0 Å². The summed E-state index contributed by atoms with van der Waals surface area (Å²) in [7, 11) is 1.18. The standard InChI is InChI=1S/C15H10N2O7/c1-23-15(20)12-8(4-5-24-12)7-16-13(18)10-3-2-9(17(21)22)6-11(10)14(16)19/h2-6H,7H2,1H3. The fourth-order valence-electron chi connectivity index (χ4n) is 2.44. The number of nitro benzene ring substituents is 1. The molecule has 24 heavy (non-hydrogen) atoms. The minimum Gasteiger partial charge on any atom is -0.463 e. The predicted molar refractivity (Wildman–Crippen MR) is 77.3 cm³/mol. The zero-order chi connectivity index (χ0) is 17.4. The number of esters is 1. The number of carbonyl (C=O) groups excluding carboxylic acids is 3. The Morgan fingerprint density at radius 2 is 1.96 bits per heavy atom. The van der Waals surface area contributed by atoms with Gasteiger partial charge in [0.15, 0.2) is 0 Å². The normalized spacial score (nSPS) is 13.1. The van der Waals surface area contributed by atoms with Crippen LogP contribution in [0.15, 0.2) is 34.9 Å². The van der Waals surface area contributed by atoms with Gasteiger partial charge in [-0.2, -0.15) is 0 Å². The number of amides is 2. The van der Waals surface area contributed by atoms with E-state index in [4.69, 9.17) is 4.42 Å². The first-order valence-corrected chi connectivity index (χ1v) is 6.73. The Morgan fingerprint density at radius 3 is 2.62 bits per heavy atom. The van der Waals surface area contributed by atoms with Crippen LogP contribution in [0.2, 0.25) is 0 Å². The lowest BCUT2D eigenvalue weighted by Crippen LogP contribution is -2.29. The number of ether oxygens (including phenoxy) is 1. The fourth-order valence-corrected chi connectivity index (χ4v) is 2.44. The molecule has 1 aromatic heterocycles. The number of nitrogens with zero attached hydrogens (tertiary/aromatic N) is 2. The van der Waals surface area contributed by atoms with Crippen molar-refractivity contribution < 1.29 is 28.5 Å². The van der Waals surface area contributed by atoms with Gasteiger partial charge >= 0.3 is 5.97 Å². The highest BCUT2D eigenvalue weighted by Gasteiger charge is 2.37. The third kappa shape index (κ3) is 2.32. The summed E-state index contributed by atoms with van der Waals surface area (Å²) in [6.07, 6.45) is 1.24. The van der Waals surface area contributed by atoms with Crippen LogP contribution in [0.4, 0.5) is 5.69 Å². The number of fused-ring (bicyclic) bond motifs is 1. The molecule has 0 fully saturated rings. The van der Waals surface area contributed by atoms with Crippen LogP contribution in [0.5, 0.6) is 0 Å². The Kier molecular flexibility index (Phi) is 3.60. The average Bonchev–Trinajstić information content (AvgIpc) is 3.13. The van der Waals surface area contributed by atoms with E-state index in [-0.39, 0.29) is 29.1 Å². The van der Waals surface area contributed by atoms with E-state index in [1.807, 2.05) is 0 Å². The molecule has 1 aromatic carbocycles. The first-order chi connectivity index (χ1) is 11.4. The number of rotatable bonds is 4. The fraction of sp³-hybridized carbons (Fsp3) is 0.133. The number of benzene rings is 1. The molecule has 0 N–H and O–H groups in total. The molecule has 0 radical (unpaired) electrons. The Morgan fingerprint density at radius 1 is 1.25 bits per heavy atom. The van der Waals surface area contributed by atoms with Gasteiger partial charge in [-0.25, -0.2) is 4.79 Å². The summed E-state index contributed by atoms with van der Waals surface area (Å²) in [6.45, 7) is -0.207. The van der Waals surface area contributed by atoms with Gasteiger partial charge in [-0.15, -0.1) is 0 Å². The number of carbonyl (C=O) groups is 3. The number of imide groups is 1. The van der Waals surface area contributed by atoms with Crippen LogP contribution in [0.3, 0.4) is 0 Å². The van der Waals surface area contributed by atoms with Crippen molar-refractivity contribution in [3.8, 4) is 0 Å². The van der Waals surface area contributed by atoms with Gasteiger partial charge in [0, 0.05) is 17.7 Å². The van der Waals surface area contributed by atoms with E-state index >= 15 is 0 Å². The molecule has 0 bridgehead atoms. The second-order valence-corrected chi connectivity index (χ2v) is 4.95. The van der Waals surface area contributed by atoms with Crippen LogP contribution in [0.25, 0.3) is 0 Å². The summed E-state index contributed by atoms with van der Waals surface area (Å²) >= 11 is 0. The maximum Gasteiger partial charge on any atom is 0.374 e. The maximum absolute atomic E-state index is 12.4. The Hall–Kier alpha value is -3.49. The van der Waals surface area contributed by atoms with Gasteiger partial charge in [-0.3, -0.25) is 24.6 Å². The third-order valence-electron chi connectivity index (χ3n) is 3.61. The molecule has 0 spiro atoms. The van der Waals surface area contributed by atoms with Crippen molar-refractivity contribution in [1.29, 1.82) is 0 Å². The number of hydrogen-bond donors (Lipinski definition) is 0. The lowest BCUT2D eigenvalue weighted by Gasteiger charge is -2.13. The van der Waals surface area contributed by atoms with E-state index in [0.29, 0.717) is 5.56 Å². The second-order valence-electron chi connectivity index (χ2n) is 4.95. The average molecular weight is 330 g/mol. The van der Waals surface area contributed by atoms with Gasteiger partial charge in [0.25, 0.3) is 17.5 Å². The van der Waals surface area contributed by atoms with Crippen molar-refractivity contribution >= 4 is 23.5 Å². The van der Waals surface area contributed by atoms with Crippen molar-refractivity contribution in [1.82, 2.24) is 4.90 Å². The van der Waals surface area contributed by atoms with E-state index < -0.39 is 22.7 Å². The molecule has 122 valence electrons. The molecule has 2 aromatic rings. The first-order valence-electron chi connectivity index (χ1n) is 6.73. The van der Waals surface area contributed by atoms with E-state index in [1.54, 1.807) is 0 Å². The molecule has 3 rings (SSSR count). The summed E-state index contributed by atoms with van der Waals surface area (Å²) in [4.78, 5) is 47.4. The Balaban J connectivity index is 1.93. The molecular weight excluding hydrogens is 320 g/mol. The quantitative estimate of drug-likeness (QED) is 0.362. The van der Waals surface area contributed by atoms with Crippen molar-refractivity contribution in [2.45, 2.75) is 6.54 Å². The number of furan rings is 1. The van der Waals surface area contributed by atoms with Crippen LogP contribution in [0, 0.1) is 10.1 Å². The lowest BCUT2D eigenvalue weighted by atomic mass is 10.1. The van der Waals surface area contributed by atoms with Crippen molar-refractivity contribution in [2.75, 3.05) is 7.11 Å². The van der Waals surface area contributed by atoms with Crippen LogP contribution < -0.4 is 0 Å². The highest BCUT2D eigenvalue weighted by Crippen LogP contribution is 2.28. The van der Waals surface area contributed by atoms with Crippen LogP contribution in [0.1, 0.15) is 36.8 Å². The molecule has 2 amide bonds. The molecule has 1 aliphatic rings. The molecule has 0 saturated carbocycles. The second kappa shape index (κ2) is 5.61. The van der Waals surface area contributed by atoms with E-state index in [9.17, 15) is 24.5 Å². The van der Waals surface area contributed by atoms with Crippen molar-refractivity contribution in [3.05, 3.63) is 63.1 Å². The van der Waals surface area contributed by atoms with Gasteiger partial charge < -0.3 is 9.15 Å². The molecule has 0 saturated heterocycles. The zero-order valence-corrected chi connectivity index (χ0v) is 12.3. The van der Waals surface area contributed by atoms with E-state index in [2.05, 4.69) is 4.74 Å². The van der Waals surface area contributed by atoms with Crippen molar-refractivity contribution in [3.63, 3.8) is 0 Å². The molecule has 9 heteroatoms.